The van der Waals surface area contributed by atoms with Crippen molar-refractivity contribution in [3.05, 3.63) is 23.8 Å². The van der Waals surface area contributed by atoms with Crippen molar-refractivity contribution in [3.63, 3.8) is 0 Å². The maximum Gasteiger partial charge on any atom is 0.160 e. The summed E-state index contributed by atoms with van der Waals surface area (Å²) >= 11 is 0. The molecule has 0 aromatic heterocycles. The molecule has 0 amide bonds. The van der Waals surface area contributed by atoms with Crippen LogP contribution in [0.1, 0.15) is 51.0 Å². The number of carbonyl (C=O) groups excluding carboxylic acids is 1. The van der Waals surface area contributed by atoms with Gasteiger partial charge in [-0.1, -0.05) is 32.3 Å². The Morgan fingerprint density at radius 2 is 1.91 bits per heavy atom. The Labute approximate surface area is 133 Å². The second-order valence-electron chi connectivity index (χ2n) is 5.58. The van der Waals surface area contributed by atoms with Gasteiger partial charge in [0.25, 0.3) is 0 Å². The van der Waals surface area contributed by atoms with Crippen molar-refractivity contribution in [1.29, 1.82) is 0 Å². The highest BCUT2D eigenvalue weighted by Gasteiger charge is 2.11. The van der Waals surface area contributed by atoms with Gasteiger partial charge in [0.05, 0.1) is 20.3 Å². The van der Waals surface area contributed by atoms with Crippen molar-refractivity contribution in [2.24, 2.45) is 0 Å². The molecule has 1 N–H and O–H groups in total. The molecule has 1 rings (SSSR count). The molecule has 22 heavy (non-hydrogen) atoms. The van der Waals surface area contributed by atoms with Crippen LogP contribution in [0.25, 0.3) is 0 Å². The number of hydrogen-bond donors (Lipinski definition) is 1. The van der Waals surface area contributed by atoms with Gasteiger partial charge in [0.15, 0.2) is 11.5 Å². The van der Waals surface area contributed by atoms with Crippen LogP contribution in [-0.2, 0) is 11.2 Å². The van der Waals surface area contributed by atoms with E-state index in [2.05, 4.69) is 6.92 Å². The Hall–Kier alpha value is -1.55. The van der Waals surface area contributed by atoms with Gasteiger partial charge in [0, 0.05) is 12.8 Å². The van der Waals surface area contributed by atoms with Crippen LogP contribution in [-0.4, -0.2) is 31.2 Å². The summed E-state index contributed by atoms with van der Waals surface area (Å²) in [7, 11) is 3.19. The SMILES string of the molecule is CCCCCC(O)CC(=O)CCc1ccc(OC)c(OC)c1. The number of unbranched alkanes of at least 4 members (excludes halogenated alkanes) is 2. The van der Waals surface area contributed by atoms with Gasteiger partial charge in [0.2, 0.25) is 0 Å². The zero-order valence-corrected chi connectivity index (χ0v) is 13.9. The summed E-state index contributed by atoms with van der Waals surface area (Å²) in [4.78, 5) is 11.9. The third kappa shape index (κ3) is 6.48. The van der Waals surface area contributed by atoms with Crippen LogP contribution in [0.4, 0.5) is 0 Å². The number of aliphatic hydroxyl groups excluding tert-OH is 1. The van der Waals surface area contributed by atoms with E-state index in [1.54, 1.807) is 14.2 Å². The third-order valence-corrected chi connectivity index (χ3v) is 3.74. The van der Waals surface area contributed by atoms with Gasteiger partial charge in [-0.25, -0.2) is 0 Å². The fourth-order valence-corrected chi connectivity index (χ4v) is 2.42. The van der Waals surface area contributed by atoms with Crippen LogP contribution < -0.4 is 9.47 Å². The van der Waals surface area contributed by atoms with Crippen LogP contribution in [0.5, 0.6) is 11.5 Å². The van der Waals surface area contributed by atoms with Gasteiger partial charge in [-0.3, -0.25) is 4.79 Å². The number of methoxy groups -OCH3 is 2. The Bertz CT molecular complexity index is 456. The molecule has 0 aliphatic carbocycles. The largest absolute Gasteiger partial charge is 0.493 e. The Morgan fingerprint density at radius 1 is 1.18 bits per heavy atom. The molecule has 0 spiro atoms. The predicted octanol–water partition coefficient (Wildman–Crippen LogP) is 3.54. The molecule has 4 nitrogen and oxygen atoms in total. The number of carbonyl (C=O) groups is 1. The molecule has 0 aliphatic rings. The molecule has 1 aromatic carbocycles. The Kier molecular flexibility index (Phi) is 8.60. The number of rotatable bonds is 11. The molecule has 124 valence electrons. The van der Waals surface area contributed by atoms with Crippen LogP contribution in [0.3, 0.4) is 0 Å². The minimum atomic E-state index is -0.496. The minimum Gasteiger partial charge on any atom is -0.493 e. The molecule has 4 heteroatoms. The molecule has 0 aliphatic heterocycles. The molecular weight excluding hydrogens is 280 g/mol. The fourth-order valence-electron chi connectivity index (χ4n) is 2.42. The number of benzene rings is 1. The van der Waals surface area contributed by atoms with Crippen molar-refractivity contribution in [1.82, 2.24) is 0 Å². The van der Waals surface area contributed by atoms with Gasteiger partial charge in [-0.2, -0.15) is 0 Å². The maximum absolute atomic E-state index is 11.9. The highest BCUT2D eigenvalue weighted by molar-refractivity contribution is 5.79. The normalized spacial score (nSPS) is 12.0. The summed E-state index contributed by atoms with van der Waals surface area (Å²) in [5, 5.41) is 9.84. The second-order valence-corrected chi connectivity index (χ2v) is 5.58. The van der Waals surface area contributed by atoms with Crippen molar-refractivity contribution in [2.45, 2.75) is 58.0 Å². The first-order valence-electron chi connectivity index (χ1n) is 8.01. The predicted molar refractivity (Wildman–Crippen MR) is 87.6 cm³/mol. The molecular formula is C18H28O4. The van der Waals surface area contributed by atoms with Crippen LogP contribution >= 0.6 is 0 Å². The summed E-state index contributed by atoms with van der Waals surface area (Å²) in [6, 6.07) is 5.67. The zero-order valence-electron chi connectivity index (χ0n) is 13.9. The van der Waals surface area contributed by atoms with E-state index < -0.39 is 6.10 Å². The number of aryl methyl sites for hydroxylation is 1. The topological polar surface area (TPSA) is 55.8 Å². The minimum absolute atomic E-state index is 0.110. The van der Waals surface area contributed by atoms with Gasteiger partial charge in [-0.15, -0.1) is 0 Å². The maximum atomic E-state index is 11.9. The lowest BCUT2D eigenvalue weighted by atomic mass is 10.0. The molecule has 1 atom stereocenters. The highest BCUT2D eigenvalue weighted by atomic mass is 16.5. The molecule has 1 aromatic rings. The first-order chi connectivity index (χ1) is 10.6. The van der Waals surface area contributed by atoms with Gasteiger partial charge in [0.1, 0.15) is 5.78 Å². The first-order valence-corrected chi connectivity index (χ1v) is 8.01. The summed E-state index contributed by atoms with van der Waals surface area (Å²) in [5.74, 6) is 1.47. The van der Waals surface area contributed by atoms with Crippen molar-refractivity contribution in [2.75, 3.05) is 14.2 Å². The third-order valence-electron chi connectivity index (χ3n) is 3.74. The van der Waals surface area contributed by atoms with Crippen molar-refractivity contribution >= 4 is 5.78 Å². The van der Waals surface area contributed by atoms with Crippen LogP contribution in [0.15, 0.2) is 18.2 Å². The second kappa shape index (κ2) is 10.2. The van der Waals surface area contributed by atoms with Gasteiger partial charge in [-0.05, 0) is 30.5 Å². The quantitative estimate of drug-likeness (QED) is 0.635. The number of ether oxygens (including phenoxy) is 2. The lowest BCUT2D eigenvalue weighted by Crippen LogP contribution is -2.13. The van der Waals surface area contributed by atoms with E-state index >= 15 is 0 Å². The van der Waals surface area contributed by atoms with Crippen LogP contribution in [0.2, 0.25) is 0 Å². The van der Waals surface area contributed by atoms with E-state index in [4.69, 9.17) is 9.47 Å². The van der Waals surface area contributed by atoms with Crippen molar-refractivity contribution in [3.8, 4) is 11.5 Å². The highest BCUT2D eigenvalue weighted by Crippen LogP contribution is 2.28. The lowest BCUT2D eigenvalue weighted by molar-refractivity contribution is -0.121. The van der Waals surface area contributed by atoms with E-state index in [9.17, 15) is 9.90 Å². The van der Waals surface area contributed by atoms with Gasteiger partial charge < -0.3 is 14.6 Å². The average molecular weight is 308 g/mol. The van der Waals surface area contributed by atoms with E-state index in [1.165, 1.54) is 0 Å². The fraction of sp³-hybridized carbons (Fsp3) is 0.611. The lowest BCUT2D eigenvalue weighted by Gasteiger charge is -2.11. The monoisotopic (exact) mass is 308 g/mol. The van der Waals surface area contributed by atoms with Gasteiger partial charge >= 0.3 is 0 Å². The first kappa shape index (κ1) is 18.5. The number of aliphatic hydroxyl groups is 1. The standard InChI is InChI=1S/C18H28O4/c1-4-5-6-7-15(19)13-16(20)10-8-14-9-11-17(21-2)18(12-14)22-3/h9,11-12,15,19H,4-8,10,13H2,1-3H3. The smallest absolute Gasteiger partial charge is 0.160 e. The molecule has 1 unspecified atom stereocenters. The molecule has 0 fully saturated rings. The number of hydrogen-bond acceptors (Lipinski definition) is 4. The van der Waals surface area contributed by atoms with E-state index in [0.29, 0.717) is 24.3 Å². The molecule has 0 radical (unpaired) electrons. The summed E-state index contributed by atoms with van der Waals surface area (Å²) < 4.78 is 10.4. The Morgan fingerprint density at radius 3 is 2.55 bits per heavy atom. The average Bonchev–Trinajstić information content (AvgIpc) is 2.52. The summed E-state index contributed by atoms with van der Waals surface area (Å²) in [6.45, 7) is 2.13. The van der Waals surface area contributed by atoms with Crippen molar-refractivity contribution < 1.29 is 19.4 Å². The molecule has 0 heterocycles. The molecule has 0 bridgehead atoms. The number of ketones is 1. The number of Topliss-reactive ketones (excluding diaryl/α,β-unsaturated/α-hetero) is 1. The van der Waals surface area contributed by atoms with E-state index in [0.717, 1.165) is 31.2 Å². The molecule has 0 saturated carbocycles. The summed E-state index contributed by atoms with van der Waals surface area (Å²) in [5.41, 5.74) is 1.03. The van der Waals surface area contributed by atoms with E-state index in [-0.39, 0.29) is 12.2 Å². The molecule has 0 saturated heterocycles. The Balaban J connectivity index is 2.40. The van der Waals surface area contributed by atoms with Crippen LogP contribution in [0, 0.1) is 0 Å². The summed E-state index contributed by atoms with van der Waals surface area (Å²) in [6.07, 6.45) is 4.80. The van der Waals surface area contributed by atoms with E-state index in [1.807, 2.05) is 18.2 Å². The zero-order chi connectivity index (χ0) is 16.4.